The lowest BCUT2D eigenvalue weighted by Crippen LogP contribution is -1.75. The third-order valence-corrected chi connectivity index (χ3v) is 0.659. The van der Waals surface area contributed by atoms with Crippen LogP contribution in [0.15, 0.2) is 12.1 Å². The Hall–Kier alpha value is -0.920. The number of hydrogen-bond acceptors (Lipinski definition) is 0. The van der Waals surface area contributed by atoms with E-state index in [2.05, 4.69) is 6.07 Å². The van der Waals surface area contributed by atoms with Crippen LogP contribution in [0, 0.1) is 23.8 Å². The standard InChI is InChI=1S/C6H2F2/c7-5-2-1-3-6(8)4-5/h2-3H. The largest absolute Gasteiger partial charge is 0.206 e. The van der Waals surface area contributed by atoms with Crippen LogP contribution in [0.25, 0.3) is 0 Å². The molecule has 0 nitrogen and oxygen atoms in total. The van der Waals surface area contributed by atoms with Gasteiger partial charge in [-0.3, -0.25) is 0 Å². The van der Waals surface area contributed by atoms with Crippen molar-refractivity contribution in [2.24, 2.45) is 0 Å². The summed E-state index contributed by atoms with van der Waals surface area (Å²) in [7, 11) is 0. The summed E-state index contributed by atoms with van der Waals surface area (Å²) < 4.78 is 23.7. The quantitative estimate of drug-likeness (QED) is 0.477. The third-order valence-electron chi connectivity index (χ3n) is 0.659. The molecule has 2 radical (unpaired) electrons. The van der Waals surface area contributed by atoms with Gasteiger partial charge in [0.1, 0.15) is 11.6 Å². The van der Waals surface area contributed by atoms with Crippen molar-refractivity contribution in [1.29, 1.82) is 0 Å². The SMILES string of the molecule is Fc1[c]c(F)c[c]c1. The van der Waals surface area contributed by atoms with E-state index >= 15 is 0 Å². The Morgan fingerprint density at radius 1 is 1.12 bits per heavy atom. The van der Waals surface area contributed by atoms with Crippen molar-refractivity contribution in [3.63, 3.8) is 0 Å². The maximum Gasteiger partial charge on any atom is 0.134 e. The predicted octanol–water partition coefficient (Wildman–Crippen LogP) is 1.57. The number of benzene rings is 1. The van der Waals surface area contributed by atoms with Gasteiger partial charge in [-0.15, -0.1) is 0 Å². The lowest BCUT2D eigenvalue weighted by atomic mass is 10.3. The molecule has 0 amide bonds. The van der Waals surface area contributed by atoms with Gasteiger partial charge in [0.05, 0.1) is 6.07 Å². The van der Waals surface area contributed by atoms with Crippen molar-refractivity contribution >= 4 is 0 Å². The molecule has 1 rings (SSSR count). The molecule has 2 heteroatoms. The fourth-order valence-electron chi connectivity index (χ4n) is 0.374. The minimum atomic E-state index is -0.718. The highest BCUT2D eigenvalue weighted by atomic mass is 19.1. The molecule has 0 fully saturated rings. The molecule has 0 spiro atoms. The van der Waals surface area contributed by atoms with Gasteiger partial charge in [0, 0.05) is 0 Å². The van der Waals surface area contributed by atoms with Crippen molar-refractivity contribution in [3.8, 4) is 0 Å². The first-order chi connectivity index (χ1) is 3.79. The predicted molar refractivity (Wildman–Crippen MR) is 24.0 cm³/mol. The van der Waals surface area contributed by atoms with Crippen molar-refractivity contribution in [2.75, 3.05) is 0 Å². The van der Waals surface area contributed by atoms with Gasteiger partial charge in [0.15, 0.2) is 0 Å². The van der Waals surface area contributed by atoms with Crippen LogP contribution in [0.1, 0.15) is 0 Å². The maximum absolute atomic E-state index is 11.8. The molecule has 0 aliphatic rings. The summed E-state index contributed by atoms with van der Waals surface area (Å²) in [5.41, 5.74) is 0. The first kappa shape index (κ1) is 5.22. The van der Waals surface area contributed by atoms with E-state index in [1.165, 1.54) is 0 Å². The molecular weight excluding hydrogens is 110 g/mol. The molecule has 1 aromatic carbocycles. The fraction of sp³-hybridized carbons (Fsp3) is 0. The van der Waals surface area contributed by atoms with Crippen LogP contribution in [0.5, 0.6) is 0 Å². The van der Waals surface area contributed by atoms with Gasteiger partial charge < -0.3 is 0 Å². The molecule has 0 aliphatic carbocycles. The number of rotatable bonds is 0. The van der Waals surface area contributed by atoms with Crippen LogP contribution < -0.4 is 0 Å². The molecule has 0 aliphatic heterocycles. The van der Waals surface area contributed by atoms with E-state index in [4.69, 9.17) is 0 Å². The van der Waals surface area contributed by atoms with Crippen molar-refractivity contribution < 1.29 is 8.78 Å². The molecule has 0 N–H and O–H groups in total. The van der Waals surface area contributed by atoms with E-state index in [0.717, 1.165) is 12.1 Å². The smallest absolute Gasteiger partial charge is 0.134 e. The third kappa shape index (κ3) is 1.03. The summed E-state index contributed by atoms with van der Waals surface area (Å²) in [6, 6.07) is 6.09. The Morgan fingerprint density at radius 3 is 1.88 bits per heavy atom. The zero-order chi connectivity index (χ0) is 5.98. The first-order valence-electron chi connectivity index (χ1n) is 2.03. The van der Waals surface area contributed by atoms with Gasteiger partial charge in [-0.25, -0.2) is 8.78 Å². The van der Waals surface area contributed by atoms with Crippen LogP contribution >= 0.6 is 0 Å². The first-order valence-corrected chi connectivity index (χ1v) is 2.03. The molecule has 0 heterocycles. The van der Waals surface area contributed by atoms with Gasteiger partial charge in [0.2, 0.25) is 0 Å². The normalized spacial score (nSPS) is 9.25. The Balaban J connectivity index is 3.08. The van der Waals surface area contributed by atoms with E-state index in [0.29, 0.717) is 0 Å². The zero-order valence-electron chi connectivity index (χ0n) is 3.91. The molecule has 0 saturated heterocycles. The molecule has 8 heavy (non-hydrogen) atoms. The average molecular weight is 112 g/mol. The monoisotopic (exact) mass is 112 g/mol. The molecule has 1 aromatic rings. The summed E-state index contributed by atoms with van der Waals surface area (Å²) in [4.78, 5) is 0. The van der Waals surface area contributed by atoms with Crippen molar-refractivity contribution in [3.05, 3.63) is 35.9 Å². The van der Waals surface area contributed by atoms with Gasteiger partial charge >= 0.3 is 0 Å². The van der Waals surface area contributed by atoms with E-state index < -0.39 is 11.6 Å². The van der Waals surface area contributed by atoms with Crippen molar-refractivity contribution in [2.45, 2.75) is 0 Å². The Morgan fingerprint density at radius 2 is 1.62 bits per heavy atom. The minimum Gasteiger partial charge on any atom is -0.206 e. The maximum atomic E-state index is 11.8. The second-order valence-corrected chi connectivity index (χ2v) is 1.28. The van der Waals surface area contributed by atoms with E-state index in [-0.39, 0.29) is 0 Å². The van der Waals surface area contributed by atoms with Gasteiger partial charge in [-0.2, -0.15) is 0 Å². The van der Waals surface area contributed by atoms with E-state index in [1.54, 1.807) is 6.07 Å². The topological polar surface area (TPSA) is 0 Å². The van der Waals surface area contributed by atoms with Crippen molar-refractivity contribution in [1.82, 2.24) is 0 Å². The Labute approximate surface area is 45.8 Å². The molecule has 0 saturated carbocycles. The highest BCUT2D eigenvalue weighted by Gasteiger charge is 1.90. The van der Waals surface area contributed by atoms with Gasteiger partial charge in [-0.1, -0.05) is 0 Å². The molecule has 0 atom stereocenters. The summed E-state index contributed by atoms with van der Waals surface area (Å²) in [6.07, 6.45) is 0. The Kier molecular flexibility index (Phi) is 1.24. The fourth-order valence-corrected chi connectivity index (χ4v) is 0.374. The average Bonchev–Trinajstić information content (AvgIpc) is 1.64. The van der Waals surface area contributed by atoms with E-state index in [9.17, 15) is 8.78 Å². The summed E-state index contributed by atoms with van der Waals surface area (Å²) >= 11 is 0. The lowest BCUT2D eigenvalue weighted by molar-refractivity contribution is 0.579. The number of hydrogen-bond donors (Lipinski definition) is 0. The highest BCUT2D eigenvalue weighted by Crippen LogP contribution is 1.97. The number of halogens is 2. The van der Waals surface area contributed by atoms with Crippen LogP contribution in [-0.2, 0) is 0 Å². The van der Waals surface area contributed by atoms with Gasteiger partial charge in [-0.05, 0) is 18.2 Å². The summed E-state index contributed by atoms with van der Waals surface area (Å²) in [5.74, 6) is -1.44. The zero-order valence-corrected chi connectivity index (χ0v) is 3.91. The second kappa shape index (κ2) is 1.90. The van der Waals surface area contributed by atoms with E-state index in [1.807, 2.05) is 0 Å². The molecule has 0 aromatic heterocycles. The second-order valence-electron chi connectivity index (χ2n) is 1.28. The van der Waals surface area contributed by atoms with Crippen LogP contribution in [-0.4, -0.2) is 0 Å². The molecule has 0 unspecified atom stereocenters. The van der Waals surface area contributed by atoms with Crippen LogP contribution in [0.4, 0.5) is 8.78 Å². The lowest BCUT2D eigenvalue weighted by Gasteiger charge is -1.82. The van der Waals surface area contributed by atoms with Crippen LogP contribution in [0.2, 0.25) is 0 Å². The molecule has 0 bridgehead atoms. The minimum absolute atomic E-state index is 0.718. The Bertz CT molecular complexity index is 166. The summed E-state index contributed by atoms with van der Waals surface area (Å²) in [6.45, 7) is 0. The molecule has 40 valence electrons. The van der Waals surface area contributed by atoms with Crippen LogP contribution in [0.3, 0.4) is 0 Å². The highest BCUT2D eigenvalue weighted by molar-refractivity contribution is 5.01. The molecular formula is C6H2F2. The van der Waals surface area contributed by atoms with Gasteiger partial charge in [0.25, 0.3) is 0 Å². The summed E-state index contributed by atoms with van der Waals surface area (Å²) in [5, 5.41) is 0.